The number of hydrogen-bond donors (Lipinski definition) is 2. The zero-order valence-corrected chi connectivity index (χ0v) is 27.1. The van der Waals surface area contributed by atoms with Gasteiger partial charge in [-0.25, -0.2) is 0 Å². The first-order chi connectivity index (χ1) is 19.8. The number of nitrogens with one attached hydrogen (secondary N) is 1. The molecule has 0 amide bonds. The van der Waals surface area contributed by atoms with E-state index in [9.17, 15) is 0 Å². The first kappa shape index (κ1) is 34.5. The Kier molecular flexibility index (Phi) is 14.6. The van der Waals surface area contributed by atoms with Crippen molar-refractivity contribution >= 4 is 18.8 Å². The van der Waals surface area contributed by atoms with Crippen LogP contribution in [-0.2, 0) is 12.1 Å². The van der Waals surface area contributed by atoms with Crippen LogP contribution in [0.3, 0.4) is 0 Å². The molecule has 223 valence electrons. The molecule has 1 radical (unpaired) electrons. The van der Waals surface area contributed by atoms with Gasteiger partial charge in [-0.05, 0) is 25.0 Å². The molecule has 1 saturated carbocycles. The van der Waals surface area contributed by atoms with Crippen molar-refractivity contribution in [1.82, 2.24) is 10.2 Å². The molecule has 5 rings (SSSR count). The van der Waals surface area contributed by atoms with E-state index >= 15 is 0 Å². The molecule has 2 heterocycles. The summed E-state index contributed by atoms with van der Waals surface area (Å²) < 4.78 is 0. The van der Waals surface area contributed by atoms with Gasteiger partial charge in [-0.1, -0.05) is 47.6 Å². The van der Waals surface area contributed by atoms with E-state index in [2.05, 4.69) is 85.0 Å². The summed E-state index contributed by atoms with van der Waals surface area (Å²) in [4.78, 5) is 6.95. The third-order valence-electron chi connectivity index (χ3n) is 8.30. The second kappa shape index (κ2) is 17.3. The van der Waals surface area contributed by atoms with Crippen molar-refractivity contribution in [1.29, 1.82) is 0 Å². The van der Waals surface area contributed by atoms with Crippen LogP contribution in [0, 0.1) is 18.8 Å². The van der Waals surface area contributed by atoms with Gasteiger partial charge in [-0.3, -0.25) is 0 Å². The number of aliphatic imine (C=N–C) groups is 1. The van der Waals surface area contributed by atoms with Gasteiger partial charge >= 0.3 is 163 Å². The zero-order valence-electron chi connectivity index (χ0n) is 27.1. The van der Waals surface area contributed by atoms with E-state index in [1.54, 1.807) is 0 Å². The van der Waals surface area contributed by atoms with Gasteiger partial charge in [0.15, 0.2) is 0 Å². The normalized spacial score (nSPS) is 20.0. The Labute approximate surface area is 253 Å². The fourth-order valence-electron chi connectivity index (χ4n) is 5.40. The van der Waals surface area contributed by atoms with E-state index in [1.165, 1.54) is 67.4 Å². The van der Waals surface area contributed by atoms with Crippen LogP contribution in [0.25, 0.3) is 11.1 Å². The van der Waals surface area contributed by atoms with Gasteiger partial charge in [0.2, 0.25) is 0 Å². The van der Waals surface area contributed by atoms with Crippen LogP contribution in [0.15, 0.2) is 60.2 Å². The van der Waals surface area contributed by atoms with Crippen molar-refractivity contribution < 1.29 is 0 Å². The summed E-state index contributed by atoms with van der Waals surface area (Å²) in [7, 11) is 6.29. The van der Waals surface area contributed by atoms with E-state index in [1.807, 2.05) is 33.9 Å². The molecule has 1 aliphatic carbocycles. The first-order valence-electron chi connectivity index (χ1n) is 16.1. The van der Waals surface area contributed by atoms with Crippen molar-refractivity contribution in [2.45, 2.75) is 99.1 Å². The number of nitrogens with two attached hydrogens (primary N) is 1. The number of hydrogen-bond acceptors (Lipinski definition) is 4. The standard InChI is InChI=1S/C23H27BN3.C9H17N.2C2H6/c1-15-6-9-18(14-26-13-16-7-8-16)20(10-15)17-4-3-5-19(11-17)23(2)21(24)12-22(25)27-23;1-3-9-5-7-10(4-2)8-6-9;2*1-2/h3-6,9-11,16,26H,7-8,12-14H2,1-2H3,(H2,25,27);4,9H,2-3,5-8H2,1H3;2*1-2H3. The fourth-order valence-corrected chi connectivity index (χ4v) is 5.40. The van der Waals surface area contributed by atoms with Gasteiger partial charge in [0.25, 0.3) is 0 Å². The molecule has 4 nitrogen and oxygen atoms in total. The Morgan fingerprint density at radius 3 is 2.29 bits per heavy atom. The van der Waals surface area contributed by atoms with E-state index in [0.717, 1.165) is 36.0 Å². The summed E-state index contributed by atoms with van der Waals surface area (Å²) in [6.45, 7) is 22.7. The van der Waals surface area contributed by atoms with Gasteiger partial charge < -0.3 is 4.90 Å². The number of piperidine rings is 1. The molecule has 1 saturated heterocycles. The van der Waals surface area contributed by atoms with Gasteiger partial charge in [0.1, 0.15) is 0 Å². The quantitative estimate of drug-likeness (QED) is 0.327. The van der Waals surface area contributed by atoms with Crippen molar-refractivity contribution in [3.8, 4) is 11.1 Å². The molecule has 3 aliphatic rings. The fraction of sp³-hybridized carbons (Fsp3) is 0.556. The maximum atomic E-state index is 6.29. The molecule has 3 N–H and O–H groups in total. The third kappa shape index (κ3) is 9.99. The van der Waals surface area contributed by atoms with Gasteiger partial charge in [-0.15, -0.1) is 0 Å². The minimum absolute atomic E-state index is 0.533. The number of aryl methyl sites for hydroxylation is 1. The second-order valence-corrected chi connectivity index (χ2v) is 11.3. The van der Waals surface area contributed by atoms with Crippen molar-refractivity contribution in [2.75, 3.05) is 19.6 Å². The van der Waals surface area contributed by atoms with Crippen molar-refractivity contribution in [3.05, 3.63) is 71.9 Å². The van der Waals surface area contributed by atoms with E-state index < -0.39 is 5.54 Å². The second-order valence-electron chi connectivity index (χ2n) is 11.3. The predicted molar refractivity (Wildman–Crippen MR) is 183 cm³/mol. The summed E-state index contributed by atoms with van der Waals surface area (Å²) in [6.07, 6.45) is 9.36. The molecule has 5 heteroatoms. The summed E-state index contributed by atoms with van der Waals surface area (Å²) in [5.41, 5.74) is 12.4. The molecule has 0 aromatic heterocycles. The van der Waals surface area contributed by atoms with E-state index in [4.69, 9.17) is 13.2 Å². The third-order valence-corrected chi connectivity index (χ3v) is 8.30. The van der Waals surface area contributed by atoms with Gasteiger partial charge in [0.05, 0.1) is 0 Å². The Morgan fingerprint density at radius 1 is 1.05 bits per heavy atom. The molecule has 1 atom stereocenters. The molecule has 2 aromatic carbocycles. The average molecular weight is 556 g/mol. The molecule has 1 unspecified atom stereocenters. The van der Waals surface area contributed by atoms with Gasteiger partial charge in [0, 0.05) is 13.1 Å². The van der Waals surface area contributed by atoms with E-state index in [-0.39, 0.29) is 0 Å². The van der Waals surface area contributed by atoms with Crippen molar-refractivity contribution in [3.63, 3.8) is 0 Å². The molecular weight excluding hydrogens is 499 g/mol. The number of nitrogens with zero attached hydrogens (tertiary/aromatic N) is 2. The SMILES string of the molecule is C=CN1CCC(CC)CC1.CC.CC.[B]=C1CC(N)=NC1(C)c1cccc(-c2cc(C)ccc2CNCC2CC2)c1. The number of likely N-dealkylation sites (tertiary alicyclic amines) is 1. The molecule has 2 aliphatic heterocycles. The summed E-state index contributed by atoms with van der Waals surface area (Å²) in [5.74, 6) is 2.48. The maximum absolute atomic E-state index is 6.29. The first-order valence-corrected chi connectivity index (χ1v) is 16.1. The van der Waals surface area contributed by atoms with Crippen LogP contribution >= 0.6 is 0 Å². The van der Waals surface area contributed by atoms with Crippen LogP contribution in [0.1, 0.15) is 96.8 Å². The Balaban J connectivity index is 0.000000352. The van der Waals surface area contributed by atoms with Crippen LogP contribution in [0.2, 0.25) is 0 Å². The summed E-state index contributed by atoms with van der Waals surface area (Å²) >= 11 is 0. The Hall–Kier alpha value is -2.66. The topological polar surface area (TPSA) is 53.6 Å². The van der Waals surface area contributed by atoms with Crippen LogP contribution in [0.4, 0.5) is 0 Å². The van der Waals surface area contributed by atoms with Gasteiger partial charge in [-0.2, -0.15) is 0 Å². The molecule has 2 aromatic rings. The molecule has 0 bridgehead atoms. The average Bonchev–Trinajstić information content (AvgIpc) is 3.80. The number of rotatable bonds is 8. The zero-order chi connectivity index (χ0) is 30.4. The van der Waals surface area contributed by atoms with Crippen LogP contribution in [0.5, 0.6) is 0 Å². The number of benzene rings is 2. The summed E-state index contributed by atoms with van der Waals surface area (Å²) in [6, 6.07) is 15.3. The minimum atomic E-state index is -0.533. The van der Waals surface area contributed by atoms with Crippen molar-refractivity contribution in [2.24, 2.45) is 22.6 Å². The van der Waals surface area contributed by atoms with E-state index in [0.29, 0.717) is 12.3 Å². The Bertz CT molecular complexity index is 1130. The van der Waals surface area contributed by atoms with Crippen LogP contribution < -0.4 is 11.1 Å². The Morgan fingerprint density at radius 2 is 1.73 bits per heavy atom. The predicted octanol–water partition coefficient (Wildman–Crippen LogP) is 7.78. The molecule has 0 spiro atoms. The number of amidine groups is 1. The van der Waals surface area contributed by atoms with Crippen LogP contribution in [-0.4, -0.2) is 43.3 Å². The molecule has 41 heavy (non-hydrogen) atoms. The molecular formula is C36H56BN4. The monoisotopic (exact) mass is 555 g/mol. The summed E-state index contributed by atoms with van der Waals surface area (Å²) in [5, 5.41) is 3.62. The molecule has 2 fully saturated rings.